The summed E-state index contributed by atoms with van der Waals surface area (Å²) < 4.78 is 2.47. The molecule has 0 spiro atoms. The van der Waals surface area contributed by atoms with Crippen LogP contribution in [-0.2, 0) is 5.41 Å². The summed E-state index contributed by atoms with van der Waals surface area (Å²) in [5.41, 5.74) is 14.4. The van der Waals surface area contributed by atoms with Crippen molar-refractivity contribution >= 4 is 27.4 Å². The molecule has 0 amide bonds. The minimum atomic E-state index is -0.0483. The Morgan fingerprint density at radius 3 is 1.88 bits per heavy atom. The molecule has 248 valence electrons. The van der Waals surface area contributed by atoms with E-state index in [1.165, 1.54) is 49.6 Å². The molecule has 0 atom stereocenters. The van der Waals surface area contributed by atoms with Crippen LogP contribution in [0.25, 0.3) is 78.4 Å². The molecule has 2 heterocycles. The van der Waals surface area contributed by atoms with Gasteiger partial charge in [-0.05, 0) is 58.9 Å². The van der Waals surface area contributed by atoms with Crippen LogP contribution < -0.4 is 0 Å². The van der Waals surface area contributed by atoms with Crippen LogP contribution in [0.1, 0.15) is 37.8 Å². The fourth-order valence-corrected chi connectivity index (χ4v) is 8.38. The lowest BCUT2D eigenvalue weighted by Gasteiger charge is -2.23. The summed E-state index contributed by atoms with van der Waals surface area (Å²) in [6.07, 6.45) is 6.84. The second-order valence-electron chi connectivity index (χ2n) is 14.4. The van der Waals surface area contributed by atoms with E-state index in [2.05, 4.69) is 152 Å². The summed E-state index contributed by atoms with van der Waals surface area (Å²) >= 11 is 0. The number of hydrogen-bond donors (Lipinski definition) is 0. The Hall–Kier alpha value is -6.39. The molecule has 2 aliphatic carbocycles. The SMILES string of the molecule is CC1(C)C2=C(CCC=C2)c2c1ccc1c3ccccc3n(-c3cccc(-c4nc(-c5ccccc5)nc(-c5ccc(-c6ccccc6)cc5)n4)c3)c21. The molecular weight excluding hydrogens is 633 g/mol. The van der Waals surface area contributed by atoms with Gasteiger partial charge in [-0.15, -0.1) is 0 Å². The van der Waals surface area contributed by atoms with Gasteiger partial charge in [0.05, 0.1) is 11.0 Å². The largest absolute Gasteiger partial charge is 0.309 e. The van der Waals surface area contributed by atoms with Gasteiger partial charge in [0.25, 0.3) is 0 Å². The quantitative estimate of drug-likeness (QED) is 0.183. The molecule has 4 heteroatoms. The van der Waals surface area contributed by atoms with E-state index in [9.17, 15) is 0 Å². The van der Waals surface area contributed by atoms with Crippen LogP contribution >= 0.6 is 0 Å². The highest BCUT2D eigenvalue weighted by Gasteiger charge is 2.39. The molecule has 0 saturated carbocycles. The molecule has 52 heavy (non-hydrogen) atoms. The van der Waals surface area contributed by atoms with E-state index in [0.29, 0.717) is 17.5 Å². The minimum Gasteiger partial charge on any atom is -0.309 e. The van der Waals surface area contributed by atoms with Gasteiger partial charge >= 0.3 is 0 Å². The summed E-state index contributed by atoms with van der Waals surface area (Å²) in [6, 6.07) is 51.3. The van der Waals surface area contributed by atoms with Crippen LogP contribution in [0.3, 0.4) is 0 Å². The van der Waals surface area contributed by atoms with Crippen LogP contribution in [0.2, 0.25) is 0 Å². The summed E-state index contributed by atoms with van der Waals surface area (Å²) in [7, 11) is 0. The summed E-state index contributed by atoms with van der Waals surface area (Å²) in [6.45, 7) is 4.75. The highest BCUT2D eigenvalue weighted by molar-refractivity contribution is 6.14. The molecule has 6 aromatic carbocycles. The molecule has 0 radical (unpaired) electrons. The average Bonchev–Trinajstić information content (AvgIpc) is 3.67. The molecule has 0 saturated heterocycles. The Morgan fingerprint density at radius 2 is 1.13 bits per heavy atom. The third-order valence-corrected chi connectivity index (χ3v) is 10.9. The summed E-state index contributed by atoms with van der Waals surface area (Å²) in [5.74, 6) is 1.95. The molecule has 0 fully saturated rings. The zero-order valence-corrected chi connectivity index (χ0v) is 29.2. The van der Waals surface area contributed by atoms with Crippen LogP contribution in [0, 0.1) is 0 Å². The van der Waals surface area contributed by atoms with Crippen molar-refractivity contribution in [3.63, 3.8) is 0 Å². The first kappa shape index (κ1) is 30.4. The van der Waals surface area contributed by atoms with Crippen molar-refractivity contribution in [1.82, 2.24) is 19.5 Å². The summed E-state index contributed by atoms with van der Waals surface area (Å²) in [5, 5.41) is 2.54. The van der Waals surface area contributed by atoms with Gasteiger partial charge in [-0.25, -0.2) is 15.0 Å². The number of benzene rings is 6. The van der Waals surface area contributed by atoms with Gasteiger partial charge < -0.3 is 4.57 Å². The van der Waals surface area contributed by atoms with E-state index >= 15 is 0 Å². The van der Waals surface area contributed by atoms with Crippen molar-refractivity contribution < 1.29 is 0 Å². The Balaban J connectivity index is 1.16. The van der Waals surface area contributed by atoms with Gasteiger partial charge in [0.15, 0.2) is 17.5 Å². The number of para-hydroxylation sites is 1. The van der Waals surface area contributed by atoms with Crippen molar-refractivity contribution in [2.75, 3.05) is 0 Å². The van der Waals surface area contributed by atoms with Crippen molar-refractivity contribution in [1.29, 1.82) is 0 Å². The first-order valence-electron chi connectivity index (χ1n) is 18.1. The highest BCUT2D eigenvalue weighted by atomic mass is 15.0. The van der Waals surface area contributed by atoms with Gasteiger partial charge in [-0.3, -0.25) is 0 Å². The Labute approximate surface area is 303 Å². The number of aromatic nitrogens is 4. The maximum atomic E-state index is 5.13. The number of hydrogen-bond acceptors (Lipinski definition) is 3. The average molecular weight is 669 g/mol. The predicted octanol–water partition coefficient (Wildman–Crippen LogP) is 12.0. The van der Waals surface area contributed by atoms with Crippen LogP contribution in [-0.4, -0.2) is 19.5 Å². The fraction of sp³-hybridized carbons (Fsp3) is 0.104. The zero-order valence-electron chi connectivity index (χ0n) is 29.2. The second-order valence-corrected chi connectivity index (χ2v) is 14.4. The molecule has 8 aromatic rings. The predicted molar refractivity (Wildman–Crippen MR) is 214 cm³/mol. The Kier molecular flexibility index (Phi) is 6.94. The van der Waals surface area contributed by atoms with E-state index in [0.717, 1.165) is 40.8 Å². The molecular formula is C48H36N4. The summed E-state index contributed by atoms with van der Waals surface area (Å²) in [4.78, 5) is 15.2. The van der Waals surface area contributed by atoms with Gasteiger partial charge in [0.2, 0.25) is 0 Å². The third-order valence-electron chi connectivity index (χ3n) is 10.9. The van der Waals surface area contributed by atoms with Gasteiger partial charge in [-0.2, -0.15) is 0 Å². The molecule has 0 unspecified atom stereocenters. The highest BCUT2D eigenvalue weighted by Crippen LogP contribution is 2.53. The van der Waals surface area contributed by atoms with Crippen LogP contribution in [0.5, 0.6) is 0 Å². The lowest BCUT2D eigenvalue weighted by atomic mass is 9.80. The monoisotopic (exact) mass is 668 g/mol. The maximum Gasteiger partial charge on any atom is 0.164 e. The normalized spacial score (nSPS) is 14.6. The number of fused-ring (bicyclic) bond motifs is 6. The first-order valence-corrected chi connectivity index (χ1v) is 18.1. The van der Waals surface area contributed by atoms with E-state index < -0.39 is 0 Å². The zero-order chi connectivity index (χ0) is 34.8. The second kappa shape index (κ2) is 11.9. The Bertz CT molecular complexity index is 2730. The number of rotatable bonds is 5. The lowest BCUT2D eigenvalue weighted by molar-refractivity contribution is 0.651. The van der Waals surface area contributed by atoms with Gasteiger partial charge in [0, 0.05) is 44.1 Å². The van der Waals surface area contributed by atoms with E-state index in [1.807, 2.05) is 24.3 Å². The molecule has 0 N–H and O–H groups in total. The van der Waals surface area contributed by atoms with Crippen molar-refractivity contribution in [2.45, 2.75) is 32.1 Å². The standard InChI is InChI=1S/C48H36N4/c1-48(2)40-22-11-9-21-39(40)43-41(48)29-28-38-37-20-10-12-23-42(37)52(44(38)43)36-19-13-18-35(30-36)47-50-45(33-16-7-4-8-17-33)49-46(51-47)34-26-24-32(25-27-34)31-14-5-3-6-15-31/h3-8,10-20,22-30H,9,21H2,1-2H3. The topological polar surface area (TPSA) is 43.6 Å². The third kappa shape index (κ3) is 4.79. The van der Waals surface area contributed by atoms with Gasteiger partial charge in [0.1, 0.15) is 0 Å². The lowest BCUT2D eigenvalue weighted by Crippen LogP contribution is -2.16. The van der Waals surface area contributed by atoms with Crippen molar-refractivity contribution in [2.24, 2.45) is 0 Å². The van der Waals surface area contributed by atoms with Gasteiger partial charge in [-0.1, -0.05) is 153 Å². The van der Waals surface area contributed by atoms with Crippen molar-refractivity contribution in [3.8, 4) is 51.0 Å². The molecule has 4 nitrogen and oxygen atoms in total. The van der Waals surface area contributed by atoms with E-state index in [1.54, 1.807) is 0 Å². The molecule has 10 rings (SSSR count). The van der Waals surface area contributed by atoms with Crippen LogP contribution in [0.15, 0.2) is 163 Å². The molecule has 0 aliphatic heterocycles. The first-order chi connectivity index (χ1) is 25.5. The number of nitrogens with zero attached hydrogens (tertiary/aromatic N) is 4. The maximum absolute atomic E-state index is 5.13. The minimum absolute atomic E-state index is 0.0483. The van der Waals surface area contributed by atoms with Crippen LogP contribution in [0.4, 0.5) is 0 Å². The fourth-order valence-electron chi connectivity index (χ4n) is 8.38. The van der Waals surface area contributed by atoms with E-state index in [4.69, 9.17) is 15.0 Å². The van der Waals surface area contributed by atoms with Crippen molar-refractivity contribution in [3.05, 3.63) is 174 Å². The van der Waals surface area contributed by atoms with E-state index in [-0.39, 0.29) is 5.41 Å². The smallest absolute Gasteiger partial charge is 0.164 e. The molecule has 2 aromatic heterocycles. The Morgan fingerprint density at radius 1 is 0.538 bits per heavy atom. The molecule has 2 aliphatic rings. The number of allylic oxidation sites excluding steroid dienone is 4. The molecule has 0 bridgehead atoms.